The molecule has 0 rings (SSSR count). The Morgan fingerprint density at radius 2 is 0.465 bits per heavy atom. The quantitative estimate of drug-likeness (QED) is 0.0124. The number of carbonyl (C=O) groups is 13. The van der Waals surface area contributed by atoms with Crippen LogP contribution in [0.1, 0.15) is 188 Å². The fourth-order valence-corrected chi connectivity index (χ4v) is 10.2. The van der Waals surface area contributed by atoms with Crippen molar-refractivity contribution in [3.8, 4) is 0 Å². The van der Waals surface area contributed by atoms with E-state index in [9.17, 15) is 67.5 Å². The SMILES string of the molecule is CC(=O)NC(=O)[C@H](CC(C)C)NC(=O)[C@H](C)NC(=O)[C@H](CCCN=C(N)N)NC(=O)[C@H](CC(C)C)NC(=O)[C@H](CC(C)C)NC(=O)[C@H](C)NC(=O)[C@H](CCCN=C(N)N)NC(=O)[C@H](CC(C)C)NC(=O)[C@H](CC(C)C)NC(=O)[C@H](C)NC(=O)[C@H](CCCN=C(N)N)NC(=O)[C@H](CC(C)C)NO. The van der Waals surface area contributed by atoms with Gasteiger partial charge in [0.25, 0.3) is 0 Å². The highest BCUT2D eigenvalue weighted by atomic mass is 16.5. The second-order valence-electron chi connectivity index (χ2n) is 28.0. The van der Waals surface area contributed by atoms with E-state index in [1.165, 1.54) is 20.8 Å². The molecule has 0 aliphatic heterocycles. The van der Waals surface area contributed by atoms with Crippen LogP contribution in [0.3, 0.4) is 0 Å². The Kier molecular flexibility index (Phi) is 43.7. The lowest BCUT2D eigenvalue weighted by Gasteiger charge is -2.29. The van der Waals surface area contributed by atoms with Crippen molar-refractivity contribution in [1.82, 2.24) is 69.3 Å². The van der Waals surface area contributed by atoms with Gasteiger partial charge in [-0.25, -0.2) is 0 Å². The van der Waals surface area contributed by atoms with Gasteiger partial charge in [0.15, 0.2) is 17.9 Å². The number of guanidine groups is 3. The minimum Gasteiger partial charge on any atom is -0.370 e. The molecule has 0 aromatic rings. The third kappa shape index (κ3) is 40.2. The molecule has 12 atom stereocenters. The Labute approximate surface area is 594 Å². The number of aliphatic imine (C=N–C) groups is 3. The van der Waals surface area contributed by atoms with Gasteiger partial charge in [0.2, 0.25) is 76.8 Å². The van der Waals surface area contributed by atoms with Gasteiger partial charge in [-0.1, -0.05) is 83.1 Å². The van der Waals surface area contributed by atoms with Crippen molar-refractivity contribution in [1.29, 1.82) is 0 Å². The Bertz CT molecular complexity index is 2800. The molecule has 0 spiro atoms. The summed E-state index contributed by atoms with van der Waals surface area (Å²) < 4.78 is 0. The molecule has 0 aliphatic rings. The summed E-state index contributed by atoms with van der Waals surface area (Å²) in [6.07, 6.45) is 0.998. The van der Waals surface area contributed by atoms with Crippen LogP contribution in [-0.4, -0.2) is 192 Å². The summed E-state index contributed by atoms with van der Waals surface area (Å²) in [5.74, 6) is -11.6. The minimum atomic E-state index is -1.38. The van der Waals surface area contributed by atoms with Crippen LogP contribution in [0.15, 0.2) is 15.0 Å². The molecule has 0 saturated carbocycles. The lowest BCUT2D eigenvalue weighted by molar-refractivity contribution is -0.136. The summed E-state index contributed by atoms with van der Waals surface area (Å²) in [6, 6.07) is -15.2. The molecule has 0 aliphatic carbocycles. The highest BCUT2D eigenvalue weighted by Crippen LogP contribution is 2.15. The highest BCUT2D eigenvalue weighted by Gasteiger charge is 2.37. The van der Waals surface area contributed by atoms with Crippen LogP contribution in [0, 0.1) is 35.5 Å². The summed E-state index contributed by atoms with van der Waals surface area (Å²) in [5.41, 5.74) is 35.1. The normalized spacial score (nSPS) is 14.8. The van der Waals surface area contributed by atoms with Crippen molar-refractivity contribution in [2.24, 2.45) is 84.9 Å². The molecule has 0 heterocycles. The third-order valence-electron chi connectivity index (χ3n) is 15.2. The van der Waals surface area contributed by atoms with Gasteiger partial charge in [-0.2, -0.15) is 5.48 Å². The summed E-state index contributed by atoms with van der Waals surface area (Å²) in [7, 11) is 0. The van der Waals surface area contributed by atoms with Crippen molar-refractivity contribution >= 4 is 94.7 Å². The molecule has 36 nitrogen and oxygen atoms in total. The van der Waals surface area contributed by atoms with E-state index in [1.54, 1.807) is 55.4 Å². The number of rotatable bonds is 48. The fourth-order valence-electron chi connectivity index (χ4n) is 10.2. The monoisotopic (exact) mass is 1430 g/mol. The number of carbonyl (C=O) groups excluding carboxylic acids is 13. The number of hydrogen-bond donors (Lipinski definition) is 20. The number of hydrogen-bond acceptors (Lipinski definition) is 18. The first-order chi connectivity index (χ1) is 47.0. The maximum absolute atomic E-state index is 14.4. The topological polar surface area (TPSA) is 592 Å². The largest absolute Gasteiger partial charge is 0.370 e. The number of nitrogens with zero attached hydrogens (tertiary/aromatic N) is 3. The molecule has 576 valence electrons. The first-order valence-electron chi connectivity index (χ1n) is 34.7. The van der Waals surface area contributed by atoms with Gasteiger partial charge in [-0.15, -0.1) is 0 Å². The molecule has 101 heavy (non-hydrogen) atoms. The molecular weight excluding hydrogens is 1310 g/mol. The molecule has 0 fully saturated rings. The molecule has 0 unspecified atom stereocenters. The van der Waals surface area contributed by atoms with E-state index in [-0.39, 0.29) is 150 Å². The van der Waals surface area contributed by atoms with Crippen molar-refractivity contribution in [3.63, 3.8) is 0 Å². The van der Waals surface area contributed by atoms with Gasteiger partial charge < -0.3 is 98.1 Å². The average Bonchev–Trinajstić information content (AvgIpc) is 0.864. The van der Waals surface area contributed by atoms with Gasteiger partial charge in [0, 0.05) is 26.6 Å². The minimum absolute atomic E-state index is 0.0139. The highest BCUT2D eigenvalue weighted by molar-refractivity contribution is 6.01. The number of amides is 13. The molecule has 36 heteroatoms. The van der Waals surface area contributed by atoms with Crippen LogP contribution >= 0.6 is 0 Å². The van der Waals surface area contributed by atoms with E-state index < -0.39 is 149 Å². The smallest absolute Gasteiger partial charge is 0.249 e. The number of nitrogens with one attached hydrogen (secondary N) is 13. The average molecular weight is 1440 g/mol. The molecule has 0 saturated heterocycles. The van der Waals surface area contributed by atoms with Gasteiger partial charge >= 0.3 is 0 Å². The Morgan fingerprint density at radius 1 is 0.277 bits per heavy atom. The Balaban J connectivity index is 6.86. The molecule has 0 bridgehead atoms. The second-order valence-corrected chi connectivity index (χ2v) is 28.0. The summed E-state index contributed by atoms with van der Waals surface area (Å²) in [4.78, 5) is 190. The molecule has 0 radical (unpaired) electrons. The summed E-state index contributed by atoms with van der Waals surface area (Å²) >= 11 is 0. The first-order valence-corrected chi connectivity index (χ1v) is 34.7. The summed E-state index contributed by atoms with van der Waals surface area (Å²) in [5, 5.41) is 41.0. The van der Waals surface area contributed by atoms with Crippen LogP contribution in [0.25, 0.3) is 0 Å². The molecule has 0 aromatic heterocycles. The van der Waals surface area contributed by atoms with E-state index in [4.69, 9.17) is 34.4 Å². The van der Waals surface area contributed by atoms with E-state index in [0.29, 0.717) is 0 Å². The van der Waals surface area contributed by atoms with Crippen molar-refractivity contribution in [3.05, 3.63) is 0 Å². The van der Waals surface area contributed by atoms with Gasteiger partial charge in [0.1, 0.15) is 72.5 Å². The fraction of sp³-hybridized carbons (Fsp3) is 0.754. The number of hydroxylamine groups is 1. The molecule has 26 N–H and O–H groups in total. The Morgan fingerprint density at radius 3 is 0.673 bits per heavy atom. The standard InChI is InChI=1S/C65H122N22O14/c1-32(2)26-45(57(95)78-41(16)88)82-51(89)38(13)75-54(92)42(20-17-23-72-63(66)67)79-58(96)48(29-35(7)8)85-60(98)46(27-33(3)4)83-52(90)39(14)76-55(93)43(21-18-24-73-64(68)69)80-59(97)49(30-36(9)10)86-61(99)47(28-34(5)6)84-53(91)40(15)77-56(94)44(22-19-25-74-65(70)71)81-62(100)50(87-101)31-37(11)12/h32-40,42-50,87,101H,17-31H2,1-16H3,(H,75,92)(H,76,93)(H,77,94)(H,79,96)(H,80,97)(H,81,100)(H,82,89)(H,83,90)(H,84,91)(H,85,98)(H,86,99)(H4,66,67,72)(H4,68,69,73)(H4,70,71,74)(H,78,88,95)/t38-,39-,40-,42-,43-,44-,45-,46-,47-,48-,49-,50-/m0/s1. The number of imide groups is 1. The van der Waals surface area contributed by atoms with Crippen LogP contribution in [0.2, 0.25) is 0 Å². The number of nitrogens with two attached hydrogens (primary N) is 6. The van der Waals surface area contributed by atoms with E-state index in [2.05, 4.69) is 78.8 Å². The maximum atomic E-state index is 14.4. The zero-order valence-electron chi connectivity index (χ0n) is 62.1. The van der Waals surface area contributed by atoms with E-state index >= 15 is 0 Å². The predicted molar refractivity (Wildman–Crippen MR) is 382 cm³/mol. The van der Waals surface area contributed by atoms with E-state index in [0.717, 1.165) is 6.92 Å². The van der Waals surface area contributed by atoms with Crippen LogP contribution in [-0.2, 0) is 62.3 Å². The third-order valence-corrected chi connectivity index (χ3v) is 15.2. The van der Waals surface area contributed by atoms with Crippen LogP contribution in [0.5, 0.6) is 0 Å². The predicted octanol–water partition coefficient (Wildman–Crippen LogP) is -3.17. The van der Waals surface area contributed by atoms with Crippen molar-refractivity contribution in [2.75, 3.05) is 19.6 Å². The van der Waals surface area contributed by atoms with Gasteiger partial charge in [-0.3, -0.25) is 82.6 Å². The molecular formula is C65H122N22O14. The van der Waals surface area contributed by atoms with Crippen LogP contribution in [0.4, 0.5) is 0 Å². The summed E-state index contributed by atoms with van der Waals surface area (Å²) in [6.45, 7) is 27.0. The van der Waals surface area contributed by atoms with Crippen molar-refractivity contribution < 1.29 is 67.5 Å². The lowest BCUT2D eigenvalue weighted by atomic mass is 9.99. The van der Waals surface area contributed by atoms with Crippen LogP contribution < -0.4 is 104 Å². The zero-order chi connectivity index (χ0) is 77.6. The van der Waals surface area contributed by atoms with E-state index in [1.807, 2.05) is 33.2 Å². The molecule has 0 aromatic carbocycles. The van der Waals surface area contributed by atoms with Gasteiger partial charge in [0.05, 0.1) is 0 Å². The molecule has 13 amide bonds. The zero-order valence-corrected chi connectivity index (χ0v) is 62.1. The van der Waals surface area contributed by atoms with Gasteiger partial charge in [-0.05, 0) is 133 Å². The van der Waals surface area contributed by atoms with Crippen molar-refractivity contribution in [2.45, 2.75) is 260 Å². The first kappa shape index (κ1) is 92.0. The Hall–Kier alpha value is -8.96. The lowest BCUT2D eigenvalue weighted by Crippen LogP contribution is -2.60. The second kappa shape index (κ2) is 48.0. The maximum Gasteiger partial charge on any atom is 0.249 e.